The highest BCUT2D eigenvalue weighted by Gasteiger charge is 2.32. The number of nitrogens with zero attached hydrogens (tertiary/aromatic N) is 1. The maximum Gasteiger partial charge on any atom is 0.416 e. The van der Waals surface area contributed by atoms with Gasteiger partial charge in [-0.1, -0.05) is 19.1 Å². The lowest BCUT2D eigenvalue weighted by atomic mass is 10.1. The molecular weight excluding hydrogens is 333 g/mol. The summed E-state index contributed by atoms with van der Waals surface area (Å²) in [4.78, 5) is 0. The molecule has 0 amide bonds. The number of hydrogen-bond acceptors (Lipinski definition) is 5. The molecule has 0 radical (unpaired) electrons. The maximum atomic E-state index is 13.0. The van der Waals surface area contributed by atoms with Crippen LogP contribution in [-0.2, 0) is 6.18 Å². The summed E-state index contributed by atoms with van der Waals surface area (Å²) in [6.07, 6.45) is 1.61. The zero-order chi connectivity index (χ0) is 18.0. The first kappa shape index (κ1) is 17.2. The molecule has 0 fully saturated rings. The van der Waals surface area contributed by atoms with Gasteiger partial charge in [0.05, 0.1) is 23.9 Å². The quantitative estimate of drug-likeness (QED) is 0.656. The predicted octanol–water partition coefficient (Wildman–Crippen LogP) is 2.47. The molecule has 1 unspecified atom stereocenters. The number of aliphatic hydroxyl groups excluding tert-OH is 1. The molecule has 2 aliphatic rings. The average Bonchev–Trinajstić information content (AvgIpc) is 3.02. The third-order valence-corrected chi connectivity index (χ3v) is 4.04. The fourth-order valence-electron chi connectivity index (χ4n) is 2.61. The number of rotatable bonds is 5. The number of hydrazine groups is 1. The van der Waals surface area contributed by atoms with Crippen LogP contribution in [0.4, 0.5) is 13.2 Å². The van der Waals surface area contributed by atoms with Crippen molar-refractivity contribution in [2.24, 2.45) is 0 Å². The van der Waals surface area contributed by atoms with Gasteiger partial charge in [0.2, 0.25) is 0 Å². The van der Waals surface area contributed by atoms with Gasteiger partial charge in [-0.05, 0) is 30.7 Å². The van der Waals surface area contributed by atoms with Crippen molar-refractivity contribution in [3.8, 4) is 0 Å². The molecule has 0 aromatic heterocycles. The summed E-state index contributed by atoms with van der Waals surface area (Å²) >= 11 is 0. The van der Waals surface area contributed by atoms with E-state index < -0.39 is 11.7 Å². The van der Waals surface area contributed by atoms with E-state index in [0.29, 0.717) is 22.9 Å². The first-order valence-corrected chi connectivity index (χ1v) is 7.93. The second-order valence-electron chi connectivity index (χ2n) is 5.76. The third kappa shape index (κ3) is 3.58. The molecule has 5 nitrogen and oxygen atoms in total. The number of halogens is 3. The van der Waals surface area contributed by atoms with Crippen LogP contribution in [0.5, 0.6) is 0 Å². The Morgan fingerprint density at radius 3 is 2.76 bits per heavy atom. The van der Waals surface area contributed by atoms with Gasteiger partial charge in [0.25, 0.3) is 0 Å². The van der Waals surface area contributed by atoms with Crippen LogP contribution in [0.2, 0.25) is 0 Å². The minimum absolute atomic E-state index is 0.0132. The molecule has 0 bridgehead atoms. The summed E-state index contributed by atoms with van der Waals surface area (Å²) < 4.78 is 38.9. The van der Waals surface area contributed by atoms with Crippen LogP contribution in [0.3, 0.4) is 0 Å². The number of aliphatic hydroxyl groups is 1. The standard InChI is InChI=1S/C17H19F3N4O/c1-2-13(10-25)22-15-6-7-16-21-9-14(24(16)23-15)11-4-3-5-12(8-11)17(18,19)20/h3-9,13,21-23,25H,2,10H2,1H3. The molecule has 0 aliphatic carbocycles. The minimum Gasteiger partial charge on any atom is -0.394 e. The van der Waals surface area contributed by atoms with E-state index >= 15 is 0 Å². The number of benzene rings is 1. The highest BCUT2D eigenvalue weighted by Crippen LogP contribution is 2.33. The van der Waals surface area contributed by atoms with E-state index in [9.17, 15) is 18.3 Å². The van der Waals surface area contributed by atoms with Gasteiger partial charge in [-0.2, -0.15) is 13.2 Å². The number of alkyl halides is 3. The first-order chi connectivity index (χ1) is 11.9. The van der Waals surface area contributed by atoms with Crippen molar-refractivity contribution in [3.05, 3.63) is 65.4 Å². The van der Waals surface area contributed by atoms with Crippen molar-refractivity contribution in [2.75, 3.05) is 6.61 Å². The second-order valence-corrected chi connectivity index (χ2v) is 5.76. The first-order valence-electron chi connectivity index (χ1n) is 7.93. The second kappa shape index (κ2) is 6.72. The van der Waals surface area contributed by atoms with Crippen molar-refractivity contribution in [1.29, 1.82) is 0 Å². The minimum atomic E-state index is -4.39. The Balaban J connectivity index is 1.81. The Kier molecular flexibility index (Phi) is 4.63. The summed E-state index contributed by atoms with van der Waals surface area (Å²) in [5, 5.41) is 17.2. The predicted molar refractivity (Wildman–Crippen MR) is 88.0 cm³/mol. The van der Waals surface area contributed by atoms with E-state index in [1.54, 1.807) is 29.4 Å². The van der Waals surface area contributed by atoms with E-state index in [0.717, 1.165) is 18.6 Å². The fraction of sp³-hybridized carbons (Fsp3) is 0.294. The Labute approximate surface area is 143 Å². The van der Waals surface area contributed by atoms with Crippen molar-refractivity contribution in [3.63, 3.8) is 0 Å². The smallest absolute Gasteiger partial charge is 0.394 e. The van der Waals surface area contributed by atoms with E-state index in [4.69, 9.17) is 0 Å². The Hall–Kier alpha value is -2.61. The molecule has 4 N–H and O–H groups in total. The summed E-state index contributed by atoms with van der Waals surface area (Å²) in [5.41, 5.74) is 3.43. The van der Waals surface area contributed by atoms with Crippen LogP contribution in [0.25, 0.3) is 5.70 Å². The van der Waals surface area contributed by atoms with E-state index in [1.807, 2.05) is 6.92 Å². The lowest BCUT2D eigenvalue weighted by molar-refractivity contribution is -0.137. The summed E-state index contributed by atoms with van der Waals surface area (Å²) in [5.74, 6) is 1.36. The molecule has 1 aromatic carbocycles. The molecule has 8 heteroatoms. The number of fused-ring (bicyclic) bond motifs is 1. The van der Waals surface area contributed by atoms with Crippen LogP contribution in [0.1, 0.15) is 24.5 Å². The lowest BCUT2D eigenvalue weighted by Gasteiger charge is -2.31. The van der Waals surface area contributed by atoms with Crippen LogP contribution < -0.4 is 16.1 Å². The van der Waals surface area contributed by atoms with Crippen molar-refractivity contribution in [2.45, 2.75) is 25.6 Å². The molecular formula is C17H19F3N4O. The Morgan fingerprint density at radius 2 is 2.08 bits per heavy atom. The highest BCUT2D eigenvalue weighted by atomic mass is 19.4. The third-order valence-electron chi connectivity index (χ3n) is 4.04. The van der Waals surface area contributed by atoms with Crippen molar-refractivity contribution < 1.29 is 18.3 Å². The zero-order valence-corrected chi connectivity index (χ0v) is 13.6. The van der Waals surface area contributed by atoms with Gasteiger partial charge in [-0.15, -0.1) is 0 Å². The van der Waals surface area contributed by atoms with Gasteiger partial charge in [0, 0.05) is 11.8 Å². The molecule has 0 spiro atoms. The molecule has 134 valence electrons. The van der Waals surface area contributed by atoms with E-state index in [-0.39, 0.29) is 12.6 Å². The number of nitrogens with one attached hydrogen (secondary N) is 3. The van der Waals surface area contributed by atoms with Gasteiger partial charge in [0.15, 0.2) is 0 Å². The van der Waals surface area contributed by atoms with Crippen LogP contribution in [0, 0.1) is 0 Å². The summed E-state index contributed by atoms with van der Waals surface area (Å²) in [6.45, 7) is 1.94. The monoisotopic (exact) mass is 352 g/mol. The molecule has 0 saturated carbocycles. The van der Waals surface area contributed by atoms with Crippen molar-refractivity contribution >= 4 is 5.70 Å². The van der Waals surface area contributed by atoms with Gasteiger partial charge in [-0.25, -0.2) is 5.01 Å². The van der Waals surface area contributed by atoms with Crippen LogP contribution in [-0.4, -0.2) is 22.8 Å². The van der Waals surface area contributed by atoms with Gasteiger partial charge in [-0.3, -0.25) is 5.43 Å². The van der Waals surface area contributed by atoms with Crippen LogP contribution >= 0.6 is 0 Å². The normalized spacial score (nSPS) is 17.6. The number of hydrogen-bond donors (Lipinski definition) is 4. The van der Waals surface area contributed by atoms with Gasteiger partial charge < -0.3 is 15.7 Å². The Bertz CT molecular complexity index is 736. The zero-order valence-electron chi connectivity index (χ0n) is 13.6. The molecule has 2 aliphatic heterocycles. The molecule has 1 aromatic rings. The largest absolute Gasteiger partial charge is 0.416 e. The van der Waals surface area contributed by atoms with E-state index in [2.05, 4.69) is 16.1 Å². The SMILES string of the molecule is CCC(CO)NC1=CC=C2NC=C(c3cccc(C(F)(F)F)c3)N2N1. The molecule has 2 heterocycles. The highest BCUT2D eigenvalue weighted by molar-refractivity contribution is 5.69. The summed E-state index contributed by atoms with van der Waals surface area (Å²) in [7, 11) is 0. The summed E-state index contributed by atoms with van der Waals surface area (Å²) in [6, 6.07) is 5.07. The fourth-order valence-corrected chi connectivity index (χ4v) is 2.61. The van der Waals surface area contributed by atoms with Crippen molar-refractivity contribution in [1.82, 2.24) is 21.1 Å². The van der Waals surface area contributed by atoms with Gasteiger partial charge in [0.1, 0.15) is 11.6 Å². The molecule has 0 saturated heterocycles. The maximum absolute atomic E-state index is 13.0. The lowest BCUT2D eigenvalue weighted by Crippen LogP contribution is -2.45. The molecule has 25 heavy (non-hydrogen) atoms. The average molecular weight is 352 g/mol. The van der Waals surface area contributed by atoms with Gasteiger partial charge >= 0.3 is 6.18 Å². The molecule has 1 atom stereocenters. The number of allylic oxidation sites excluding steroid dienone is 2. The van der Waals surface area contributed by atoms with E-state index in [1.165, 1.54) is 6.07 Å². The molecule has 3 rings (SSSR count). The van der Waals surface area contributed by atoms with Crippen LogP contribution in [0.15, 0.2) is 54.3 Å². The Morgan fingerprint density at radius 1 is 1.28 bits per heavy atom. The topological polar surface area (TPSA) is 59.6 Å².